The molecule has 4 heteroatoms. The van der Waals surface area contributed by atoms with Crippen LogP contribution in [0.4, 0.5) is 0 Å². The maximum Gasteiger partial charge on any atom is 0.261 e. The Bertz CT molecular complexity index is 799. The zero-order valence-corrected chi connectivity index (χ0v) is 19.1. The first-order valence-electron chi connectivity index (χ1n) is 10.4. The van der Waals surface area contributed by atoms with E-state index < -0.39 is 8.32 Å². The highest BCUT2D eigenvalue weighted by Crippen LogP contribution is 2.39. The summed E-state index contributed by atoms with van der Waals surface area (Å²) in [6, 6.07) is 21.5. The average Bonchev–Trinajstić information content (AvgIpc) is 2.74. The smallest absolute Gasteiger partial charge is 0.261 e. The summed E-state index contributed by atoms with van der Waals surface area (Å²) < 4.78 is 12.9. The van der Waals surface area contributed by atoms with Crippen LogP contribution in [-0.4, -0.2) is 34.1 Å². The van der Waals surface area contributed by atoms with Crippen LogP contribution in [0, 0.1) is 0 Å². The van der Waals surface area contributed by atoms with Gasteiger partial charge in [0.1, 0.15) is 0 Å². The van der Waals surface area contributed by atoms with Crippen LogP contribution in [0.3, 0.4) is 0 Å². The molecule has 1 heterocycles. The zero-order chi connectivity index (χ0) is 20.9. The van der Waals surface area contributed by atoms with Gasteiger partial charge in [-0.1, -0.05) is 93.7 Å². The average molecular weight is 408 g/mol. The van der Waals surface area contributed by atoms with Gasteiger partial charge in [-0.15, -0.1) is 0 Å². The summed E-state index contributed by atoms with van der Waals surface area (Å²) in [5.74, 6) is 0.729. The Hall–Kier alpha value is -2.10. The summed E-state index contributed by atoms with van der Waals surface area (Å²) >= 11 is 0. The van der Waals surface area contributed by atoms with Crippen molar-refractivity contribution in [1.29, 1.82) is 0 Å². The second-order valence-electron chi connectivity index (χ2n) is 8.64. The topological polar surface area (TPSA) is 30.5 Å². The molecule has 3 nitrogen and oxygen atoms in total. The lowest BCUT2D eigenvalue weighted by molar-refractivity contribution is 0.0948. The Morgan fingerprint density at radius 3 is 2.03 bits per heavy atom. The summed E-state index contributed by atoms with van der Waals surface area (Å²) in [5, 5.41) is 6.12. The summed E-state index contributed by atoms with van der Waals surface area (Å²) in [6.45, 7) is 11.7. The molecule has 3 rings (SSSR count). The molecule has 0 spiro atoms. The van der Waals surface area contributed by atoms with E-state index >= 15 is 0 Å². The molecule has 2 atom stereocenters. The Labute approximate surface area is 176 Å². The normalized spacial score (nSPS) is 20.0. The SMILES string of the molecule is C=C=C(OC)[C@H]1NCCC[C@@H]1O[Si](c1ccccc1)(c1ccccc1)C(C)(C)C. The minimum absolute atomic E-state index is 0.000691. The van der Waals surface area contributed by atoms with Crippen LogP contribution >= 0.6 is 0 Å². The highest BCUT2D eigenvalue weighted by molar-refractivity contribution is 6.99. The van der Waals surface area contributed by atoms with Gasteiger partial charge in [0.2, 0.25) is 0 Å². The number of hydrogen-bond acceptors (Lipinski definition) is 3. The van der Waals surface area contributed by atoms with Gasteiger partial charge in [-0.3, -0.25) is 0 Å². The molecule has 0 amide bonds. The fraction of sp³-hybridized carbons (Fsp3) is 0.400. The van der Waals surface area contributed by atoms with Crippen LogP contribution in [0.2, 0.25) is 5.04 Å². The van der Waals surface area contributed by atoms with Crippen molar-refractivity contribution in [2.45, 2.75) is 50.8 Å². The van der Waals surface area contributed by atoms with Gasteiger partial charge in [0.05, 0.1) is 19.3 Å². The second kappa shape index (κ2) is 9.14. The van der Waals surface area contributed by atoms with Gasteiger partial charge in [-0.2, -0.15) is 0 Å². The van der Waals surface area contributed by atoms with Crippen LogP contribution in [0.1, 0.15) is 33.6 Å². The zero-order valence-electron chi connectivity index (χ0n) is 18.1. The predicted molar refractivity (Wildman–Crippen MR) is 123 cm³/mol. The van der Waals surface area contributed by atoms with Crippen molar-refractivity contribution in [2.24, 2.45) is 0 Å². The van der Waals surface area contributed by atoms with Crippen LogP contribution in [0.25, 0.3) is 0 Å². The number of hydrogen-bond donors (Lipinski definition) is 1. The molecule has 154 valence electrons. The molecule has 1 saturated heterocycles. The molecule has 0 bridgehead atoms. The first-order valence-corrected chi connectivity index (χ1v) is 12.3. The van der Waals surface area contributed by atoms with Crippen molar-refractivity contribution >= 4 is 18.7 Å². The summed E-state index contributed by atoms with van der Waals surface area (Å²) in [6.07, 6.45) is 2.06. The number of piperidine rings is 1. The molecular weight excluding hydrogens is 374 g/mol. The third kappa shape index (κ3) is 4.26. The van der Waals surface area contributed by atoms with Gasteiger partial charge in [-0.05, 0) is 34.8 Å². The van der Waals surface area contributed by atoms with E-state index in [1.807, 2.05) is 0 Å². The molecule has 2 aromatic rings. The second-order valence-corrected chi connectivity index (χ2v) is 12.9. The maximum absolute atomic E-state index is 7.32. The summed E-state index contributed by atoms with van der Waals surface area (Å²) in [5.41, 5.74) is 2.97. The lowest BCUT2D eigenvalue weighted by Gasteiger charge is -2.47. The van der Waals surface area contributed by atoms with E-state index in [4.69, 9.17) is 9.16 Å². The van der Waals surface area contributed by atoms with Gasteiger partial charge in [0.15, 0.2) is 5.76 Å². The van der Waals surface area contributed by atoms with Crippen molar-refractivity contribution < 1.29 is 9.16 Å². The molecule has 1 aliphatic heterocycles. The van der Waals surface area contributed by atoms with E-state index in [0.29, 0.717) is 0 Å². The van der Waals surface area contributed by atoms with E-state index in [0.717, 1.165) is 25.1 Å². The Morgan fingerprint density at radius 2 is 1.59 bits per heavy atom. The van der Waals surface area contributed by atoms with Crippen molar-refractivity contribution in [1.82, 2.24) is 5.32 Å². The number of ether oxygens (including phenoxy) is 1. The van der Waals surface area contributed by atoms with Gasteiger partial charge >= 0.3 is 0 Å². The Morgan fingerprint density at radius 1 is 1.03 bits per heavy atom. The summed E-state index contributed by atoms with van der Waals surface area (Å²) in [7, 11) is -0.923. The molecule has 1 N–H and O–H groups in total. The molecule has 0 saturated carbocycles. The monoisotopic (exact) mass is 407 g/mol. The molecule has 0 aromatic heterocycles. The highest BCUT2D eigenvalue weighted by Gasteiger charge is 2.52. The van der Waals surface area contributed by atoms with E-state index in [9.17, 15) is 0 Å². The van der Waals surface area contributed by atoms with Crippen LogP contribution in [0.15, 0.2) is 78.7 Å². The minimum Gasteiger partial charge on any atom is -0.491 e. The lowest BCUT2D eigenvalue weighted by Crippen LogP contribution is -2.69. The number of nitrogens with one attached hydrogen (secondary N) is 1. The first kappa shape index (κ1) is 21.6. The Kier molecular flexibility index (Phi) is 6.81. The molecule has 1 aliphatic rings. The predicted octanol–water partition coefficient (Wildman–Crippen LogP) is 4.00. The number of rotatable bonds is 6. The molecule has 2 aromatic carbocycles. The molecular formula is C25H33NO2Si. The van der Waals surface area contributed by atoms with Gasteiger partial charge in [0.25, 0.3) is 8.32 Å². The standard InChI is InChI=1S/C25H33NO2Si/c1-6-22(27-5)24-23(18-13-19-26-24)28-29(25(2,3)4,20-14-9-7-10-15-20)21-16-11-8-12-17-21/h7-12,14-17,23-24,26H,1,13,18-19H2,2-5H3/t23-,24+/m0/s1. The van der Waals surface area contributed by atoms with Crippen molar-refractivity contribution in [3.05, 3.63) is 78.7 Å². The fourth-order valence-corrected chi connectivity index (χ4v) is 9.20. The van der Waals surface area contributed by atoms with Gasteiger partial charge in [0, 0.05) is 0 Å². The largest absolute Gasteiger partial charge is 0.491 e. The first-order chi connectivity index (χ1) is 13.9. The quantitative estimate of drug-likeness (QED) is 0.446. The Balaban J connectivity index is 2.16. The molecule has 0 radical (unpaired) electrons. The van der Waals surface area contributed by atoms with Crippen molar-refractivity contribution in [3.63, 3.8) is 0 Å². The highest BCUT2D eigenvalue weighted by atomic mass is 28.4. The maximum atomic E-state index is 7.32. The molecule has 1 fully saturated rings. The fourth-order valence-electron chi connectivity index (χ4n) is 4.47. The van der Waals surface area contributed by atoms with E-state index in [-0.39, 0.29) is 17.2 Å². The minimum atomic E-state index is -2.61. The lowest BCUT2D eigenvalue weighted by atomic mass is 10.00. The van der Waals surface area contributed by atoms with Gasteiger partial charge < -0.3 is 14.5 Å². The number of methoxy groups -OCH3 is 1. The van der Waals surface area contributed by atoms with Crippen LogP contribution in [0.5, 0.6) is 0 Å². The molecule has 0 unspecified atom stereocenters. The van der Waals surface area contributed by atoms with E-state index in [2.05, 4.69) is 99.1 Å². The summed E-state index contributed by atoms with van der Waals surface area (Å²) in [4.78, 5) is 0. The van der Waals surface area contributed by atoms with Crippen LogP contribution < -0.4 is 15.7 Å². The van der Waals surface area contributed by atoms with Crippen LogP contribution in [-0.2, 0) is 9.16 Å². The van der Waals surface area contributed by atoms with E-state index in [1.54, 1.807) is 7.11 Å². The molecule has 0 aliphatic carbocycles. The van der Waals surface area contributed by atoms with Gasteiger partial charge in [-0.25, -0.2) is 0 Å². The van der Waals surface area contributed by atoms with E-state index in [1.165, 1.54) is 10.4 Å². The third-order valence-electron chi connectivity index (χ3n) is 5.82. The third-order valence-corrected chi connectivity index (χ3v) is 10.9. The van der Waals surface area contributed by atoms with Crippen molar-refractivity contribution in [3.8, 4) is 0 Å². The molecule has 29 heavy (non-hydrogen) atoms. The number of benzene rings is 2. The van der Waals surface area contributed by atoms with Crippen molar-refractivity contribution in [2.75, 3.05) is 13.7 Å².